The van der Waals surface area contributed by atoms with Gasteiger partial charge in [0.15, 0.2) is 0 Å². The number of hydrogen-bond donors (Lipinski definition) is 0. The molecule has 3 rings (SSSR count). The minimum Gasteiger partial charge on any atom is -0.376 e. The van der Waals surface area contributed by atoms with E-state index in [1.54, 1.807) is 0 Å². The first-order valence-electron chi connectivity index (χ1n) is 11.3. The molecule has 3 fully saturated rings. The number of fused-ring (bicyclic) bond motifs is 1. The molecule has 3 aliphatic rings. The molecule has 3 saturated heterocycles. The first-order valence-corrected chi connectivity index (χ1v) is 11.3. The molecule has 0 amide bonds. The Morgan fingerprint density at radius 3 is 2.15 bits per heavy atom. The van der Waals surface area contributed by atoms with Gasteiger partial charge in [-0.05, 0) is 106 Å². The third-order valence-electron chi connectivity index (χ3n) is 6.74. The Kier molecular flexibility index (Phi) is 6.62. The summed E-state index contributed by atoms with van der Waals surface area (Å²) in [6, 6.07) is 0.735. The van der Waals surface area contributed by atoms with E-state index in [1.807, 2.05) is 0 Å². The van der Waals surface area contributed by atoms with Crippen molar-refractivity contribution < 1.29 is 9.47 Å². The van der Waals surface area contributed by atoms with Crippen molar-refractivity contribution in [3.05, 3.63) is 0 Å². The van der Waals surface area contributed by atoms with Crippen LogP contribution in [-0.4, -0.2) is 72.0 Å². The van der Waals surface area contributed by atoms with Gasteiger partial charge in [-0.2, -0.15) is 0 Å². The number of hydrogen-bond acceptors (Lipinski definition) is 4. The molecule has 0 aromatic rings. The van der Waals surface area contributed by atoms with E-state index in [-0.39, 0.29) is 11.2 Å². The van der Waals surface area contributed by atoms with E-state index in [1.165, 1.54) is 64.7 Å². The lowest BCUT2D eigenvalue weighted by atomic mass is 9.94. The molecule has 2 unspecified atom stereocenters. The Balaban J connectivity index is 1.45. The predicted octanol–water partition coefficient (Wildman–Crippen LogP) is 4.33. The van der Waals surface area contributed by atoms with Gasteiger partial charge in [0.05, 0.1) is 24.4 Å². The van der Waals surface area contributed by atoms with Crippen LogP contribution in [0.1, 0.15) is 80.1 Å². The van der Waals surface area contributed by atoms with Crippen LogP contribution in [0.2, 0.25) is 0 Å². The van der Waals surface area contributed by atoms with E-state index >= 15 is 0 Å². The highest BCUT2D eigenvalue weighted by Crippen LogP contribution is 2.43. The van der Waals surface area contributed by atoms with E-state index in [9.17, 15) is 0 Å². The zero-order valence-corrected chi connectivity index (χ0v) is 18.9. The van der Waals surface area contributed by atoms with Gasteiger partial charge in [-0.3, -0.25) is 4.90 Å². The lowest BCUT2D eigenvalue weighted by molar-refractivity contribution is -0.0590. The Morgan fingerprint density at radius 1 is 0.852 bits per heavy atom. The molecule has 0 bridgehead atoms. The van der Waals surface area contributed by atoms with E-state index < -0.39 is 0 Å². The minimum atomic E-state index is -0.0297. The zero-order valence-electron chi connectivity index (χ0n) is 18.9. The summed E-state index contributed by atoms with van der Waals surface area (Å²) >= 11 is 0. The van der Waals surface area contributed by atoms with Crippen molar-refractivity contribution in [1.29, 1.82) is 0 Å². The molecule has 2 atom stereocenters. The largest absolute Gasteiger partial charge is 0.376 e. The summed E-state index contributed by atoms with van der Waals surface area (Å²) in [5, 5.41) is 0. The molecule has 158 valence electrons. The molecular formula is C23H44N2O2. The molecule has 0 aromatic carbocycles. The van der Waals surface area contributed by atoms with Crippen LogP contribution >= 0.6 is 0 Å². The zero-order chi connectivity index (χ0) is 19.7. The van der Waals surface area contributed by atoms with Crippen LogP contribution in [0.25, 0.3) is 0 Å². The standard InChI is InChI=1S/C23H44N2O2/c1-21(2,3)26-17-19-9-14-24(15-10-19)16-20-8-12-23(11-7-13-25(20)23)18-27-22(4,5)6/h19-20H,7-18H2,1-6H3. The molecule has 0 N–H and O–H groups in total. The number of nitrogens with zero attached hydrogens (tertiary/aromatic N) is 2. The van der Waals surface area contributed by atoms with E-state index in [2.05, 4.69) is 51.3 Å². The first-order chi connectivity index (χ1) is 12.6. The summed E-state index contributed by atoms with van der Waals surface area (Å²) in [5.74, 6) is 0.745. The van der Waals surface area contributed by atoms with Crippen molar-refractivity contribution in [3.8, 4) is 0 Å². The van der Waals surface area contributed by atoms with Crippen LogP contribution in [0, 0.1) is 5.92 Å². The number of piperidine rings is 1. The Bertz CT molecular complexity index is 474. The monoisotopic (exact) mass is 380 g/mol. The number of likely N-dealkylation sites (tertiary alicyclic amines) is 1. The van der Waals surface area contributed by atoms with E-state index in [4.69, 9.17) is 9.47 Å². The summed E-state index contributed by atoms with van der Waals surface area (Å²) in [6.45, 7) is 19.9. The molecule has 4 nitrogen and oxygen atoms in total. The molecule has 4 heteroatoms. The summed E-state index contributed by atoms with van der Waals surface area (Å²) in [4.78, 5) is 5.55. The highest BCUT2D eigenvalue weighted by atomic mass is 16.5. The summed E-state index contributed by atoms with van der Waals surface area (Å²) < 4.78 is 12.3. The Labute approximate surface area is 167 Å². The number of rotatable bonds is 6. The van der Waals surface area contributed by atoms with Crippen LogP contribution in [-0.2, 0) is 9.47 Å². The van der Waals surface area contributed by atoms with Gasteiger partial charge in [0.25, 0.3) is 0 Å². The van der Waals surface area contributed by atoms with Crippen LogP contribution in [0.3, 0.4) is 0 Å². The first kappa shape index (κ1) is 21.5. The SMILES string of the molecule is CC(C)(C)OCC1CCN(CC2CCC3(COC(C)(C)C)CCCN23)CC1. The smallest absolute Gasteiger partial charge is 0.0657 e. The lowest BCUT2D eigenvalue weighted by Crippen LogP contribution is -2.51. The van der Waals surface area contributed by atoms with Crippen molar-refractivity contribution in [1.82, 2.24) is 9.80 Å². The van der Waals surface area contributed by atoms with Gasteiger partial charge in [0.2, 0.25) is 0 Å². The second-order valence-corrected chi connectivity index (χ2v) is 11.3. The van der Waals surface area contributed by atoms with Gasteiger partial charge in [-0.25, -0.2) is 0 Å². The highest BCUT2D eigenvalue weighted by Gasteiger charge is 2.49. The van der Waals surface area contributed by atoms with Gasteiger partial charge >= 0.3 is 0 Å². The third-order valence-corrected chi connectivity index (χ3v) is 6.74. The maximum absolute atomic E-state index is 6.26. The average molecular weight is 381 g/mol. The van der Waals surface area contributed by atoms with Gasteiger partial charge < -0.3 is 14.4 Å². The molecule has 0 spiro atoms. The second-order valence-electron chi connectivity index (χ2n) is 11.3. The summed E-state index contributed by atoms with van der Waals surface area (Å²) in [7, 11) is 0. The lowest BCUT2D eigenvalue weighted by Gasteiger charge is -2.40. The van der Waals surface area contributed by atoms with Crippen molar-refractivity contribution in [2.75, 3.05) is 39.4 Å². The average Bonchev–Trinajstić information content (AvgIpc) is 3.12. The van der Waals surface area contributed by atoms with Gasteiger partial charge in [0.1, 0.15) is 0 Å². The third kappa shape index (κ3) is 5.91. The van der Waals surface area contributed by atoms with Gasteiger partial charge in [-0.15, -0.1) is 0 Å². The fraction of sp³-hybridized carbons (Fsp3) is 1.00. The molecule has 0 aromatic heterocycles. The van der Waals surface area contributed by atoms with Gasteiger partial charge in [-0.1, -0.05) is 0 Å². The molecule has 0 aliphatic carbocycles. The molecular weight excluding hydrogens is 336 g/mol. The molecule has 0 radical (unpaired) electrons. The van der Waals surface area contributed by atoms with Crippen molar-refractivity contribution in [3.63, 3.8) is 0 Å². The van der Waals surface area contributed by atoms with Crippen LogP contribution in [0.4, 0.5) is 0 Å². The van der Waals surface area contributed by atoms with Crippen molar-refractivity contribution in [2.45, 2.75) is 103 Å². The van der Waals surface area contributed by atoms with E-state index in [0.29, 0.717) is 5.54 Å². The highest BCUT2D eigenvalue weighted by molar-refractivity contribution is 5.05. The minimum absolute atomic E-state index is 0.00477. The molecule has 3 aliphatic heterocycles. The van der Waals surface area contributed by atoms with Crippen LogP contribution < -0.4 is 0 Å². The fourth-order valence-corrected chi connectivity index (χ4v) is 5.16. The quantitative estimate of drug-likeness (QED) is 0.685. The predicted molar refractivity (Wildman–Crippen MR) is 112 cm³/mol. The molecule has 3 heterocycles. The van der Waals surface area contributed by atoms with Crippen LogP contribution in [0.15, 0.2) is 0 Å². The van der Waals surface area contributed by atoms with E-state index in [0.717, 1.165) is 25.2 Å². The molecule has 0 saturated carbocycles. The Hall–Kier alpha value is -0.160. The maximum Gasteiger partial charge on any atom is 0.0657 e. The normalized spacial score (nSPS) is 31.6. The second kappa shape index (κ2) is 8.30. The maximum atomic E-state index is 6.26. The fourth-order valence-electron chi connectivity index (χ4n) is 5.16. The van der Waals surface area contributed by atoms with Crippen molar-refractivity contribution in [2.24, 2.45) is 5.92 Å². The van der Waals surface area contributed by atoms with Crippen LogP contribution in [0.5, 0.6) is 0 Å². The number of ether oxygens (including phenoxy) is 2. The van der Waals surface area contributed by atoms with Gasteiger partial charge in [0, 0.05) is 18.1 Å². The topological polar surface area (TPSA) is 24.9 Å². The summed E-state index contributed by atoms with van der Waals surface area (Å²) in [6.07, 6.45) is 7.92. The van der Waals surface area contributed by atoms with Crippen molar-refractivity contribution >= 4 is 0 Å². The Morgan fingerprint density at radius 2 is 1.52 bits per heavy atom. The molecule has 27 heavy (non-hydrogen) atoms. The summed E-state index contributed by atoms with van der Waals surface area (Å²) in [5.41, 5.74) is 0.296.